The van der Waals surface area contributed by atoms with Gasteiger partial charge in [0, 0.05) is 7.11 Å². The second kappa shape index (κ2) is 4.57. The zero-order valence-corrected chi connectivity index (χ0v) is 10.1. The monoisotopic (exact) mass is 209 g/mol. The van der Waals surface area contributed by atoms with Crippen LogP contribution in [0.3, 0.4) is 0 Å². The predicted octanol–water partition coefficient (Wildman–Crippen LogP) is 1.93. The first-order valence-electron chi connectivity index (χ1n) is 5.02. The summed E-state index contributed by atoms with van der Waals surface area (Å²) in [7, 11) is 1.69. The zero-order valence-electron chi connectivity index (χ0n) is 10.1. The number of nitrogens with zero attached hydrogens (tertiary/aromatic N) is 2. The van der Waals surface area contributed by atoms with Crippen LogP contribution in [0.2, 0.25) is 0 Å². The lowest BCUT2D eigenvalue weighted by Gasteiger charge is -2.25. The van der Waals surface area contributed by atoms with Gasteiger partial charge >= 0.3 is 0 Å². The van der Waals surface area contributed by atoms with E-state index < -0.39 is 0 Å². The second-order valence-electron chi connectivity index (χ2n) is 4.37. The van der Waals surface area contributed by atoms with E-state index in [2.05, 4.69) is 29.1 Å². The molecule has 4 heteroatoms. The van der Waals surface area contributed by atoms with E-state index in [-0.39, 0.29) is 5.54 Å². The minimum absolute atomic E-state index is 0.134. The van der Waals surface area contributed by atoms with Gasteiger partial charge in [-0.05, 0) is 27.7 Å². The van der Waals surface area contributed by atoms with Crippen LogP contribution in [0.25, 0.3) is 0 Å². The molecule has 0 saturated carbocycles. The Morgan fingerprint density at radius 2 is 2.00 bits per heavy atom. The maximum Gasteiger partial charge on any atom is 0.145 e. The van der Waals surface area contributed by atoms with Gasteiger partial charge in [-0.3, -0.25) is 4.98 Å². The molecule has 0 aromatic carbocycles. The smallest absolute Gasteiger partial charge is 0.145 e. The molecule has 1 rings (SSSR count). The molecule has 84 valence electrons. The summed E-state index contributed by atoms with van der Waals surface area (Å²) in [6, 6.07) is 0. The number of hydrogen-bond acceptors (Lipinski definition) is 4. The largest absolute Gasteiger partial charge is 0.382 e. The van der Waals surface area contributed by atoms with Crippen LogP contribution in [0.15, 0.2) is 6.20 Å². The lowest BCUT2D eigenvalue weighted by Crippen LogP contribution is -2.36. The molecular formula is C11H19N3O. The number of anilines is 1. The SMILES string of the molecule is COCC(C)(C)Nc1cnc(C)c(C)n1. The number of ether oxygens (including phenoxy) is 1. The lowest BCUT2D eigenvalue weighted by molar-refractivity contribution is 0.158. The van der Waals surface area contributed by atoms with Gasteiger partial charge in [-0.25, -0.2) is 4.98 Å². The topological polar surface area (TPSA) is 47.0 Å². The molecule has 1 aromatic rings. The third-order valence-electron chi connectivity index (χ3n) is 2.16. The lowest BCUT2D eigenvalue weighted by atomic mass is 10.1. The Kier molecular flexibility index (Phi) is 3.63. The van der Waals surface area contributed by atoms with E-state index in [9.17, 15) is 0 Å². The van der Waals surface area contributed by atoms with Crippen LogP contribution in [0, 0.1) is 13.8 Å². The standard InChI is InChI=1S/C11H19N3O/c1-8-9(2)13-10(6-12-8)14-11(3,4)7-15-5/h6H,7H2,1-5H3,(H,13,14). The first-order chi connectivity index (χ1) is 6.94. The maximum atomic E-state index is 5.12. The number of aryl methyl sites for hydroxylation is 2. The van der Waals surface area contributed by atoms with Crippen LogP contribution < -0.4 is 5.32 Å². The molecule has 0 aliphatic rings. The number of methoxy groups -OCH3 is 1. The van der Waals surface area contributed by atoms with Gasteiger partial charge in [0.25, 0.3) is 0 Å². The average Bonchev–Trinajstić information content (AvgIpc) is 2.10. The van der Waals surface area contributed by atoms with E-state index in [1.54, 1.807) is 13.3 Å². The number of aromatic nitrogens is 2. The van der Waals surface area contributed by atoms with Crippen LogP contribution in [-0.2, 0) is 4.74 Å². The molecule has 0 bridgehead atoms. The quantitative estimate of drug-likeness (QED) is 0.823. The van der Waals surface area contributed by atoms with Crippen LogP contribution in [0.4, 0.5) is 5.82 Å². The molecule has 0 fully saturated rings. The van der Waals surface area contributed by atoms with Crippen LogP contribution in [0.5, 0.6) is 0 Å². The van der Waals surface area contributed by atoms with Crippen molar-refractivity contribution in [3.8, 4) is 0 Å². The molecular weight excluding hydrogens is 190 g/mol. The molecule has 1 aromatic heterocycles. The van der Waals surface area contributed by atoms with Gasteiger partial charge in [0.15, 0.2) is 0 Å². The molecule has 0 amide bonds. The molecule has 0 saturated heterocycles. The molecule has 1 heterocycles. The van der Waals surface area contributed by atoms with Crippen molar-refractivity contribution in [2.24, 2.45) is 0 Å². The molecule has 4 nitrogen and oxygen atoms in total. The van der Waals surface area contributed by atoms with Crippen LogP contribution in [0.1, 0.15) is 25.2 Å². The minimum atomic E-state index is -0.134. The minimum Gasteiger partial charge on any atom is -0.382 e. The fraction of sp³-hybridized carbons (Fsp3) is 0.636. The van der Waals surface area contributed by atoms with Crippen molar-refractivity contribution in [1.29, 1.82) is 0 Å². The molecule has 0 atom stereocenters. The van der Waals surface area contributed by atoms with Crippen molar-refractivity contribution < 1.29 is 4.74 Å². The Labute approximate surface area is 91.1 Å². The highest BCUT2D eigenvalue weighted by atomic mass is 16.5. The summed E-state index contributed by atoms with van der Waals surface area (Å²) in [6.45, 7) is 8.66. The Morgan fingerprint density at radius 1 is 1.33 bits per heavy atom. The Bertz CT molecular complexity index is 337. The summed E-state index contributed by atoms with van der Waals surface area (Å²) in [5.41, 5.74) is 1.78. The van der Waals surface area contributed by atoms with Gasteiger partial charge in [-0.1, -0.05) is 0 Å². The van der Waals surface area contributed by atoms with Crippen molar-refractivity contribution in [3.63, 3.8) is 0 Å². The maximum absolute atomic E-state index is 5.12. The predicted molar refractivity (Wildman–Crippen MR) is 61.1 cm³/mol. The van der Waals surface area contributed by atoms with Gasteiger partial charge in [-0.2, -0.15) is 0 Å². The van der Waals surface area contributed by atoms with E-state index in [0.29, 0.717) is 6.61 Å². The van der Waals surface area contributed by atoms with Crippen molar-refractivity contribution in [2.45, 2.75) is 33.2 Å². The van der Waals surface area contributed by atoms with Crippen molar-refractivity contribution in [3.05, 3.63) is 17.6 Å². The van der Waals surface area contributed by atoms with E-state index in [1.807, 2.05) is 13.8 Å². The molecule has 1 N–H and O–H groups in total. The van der Waals surface area contributed by atoms with Gasteiger partial charge in [0.05, 0.1) is 29.7 Å². The summed E-state index contributed by atoms with van der Waals surface area (Å²) in [4.78, 5) is 8.67. The van der Waals surface area contributed by atoms with E-state index in [1.165, 1.54) is 0 Å². The van der Waals surface area contributed by atoms with E-state index >= 15 is 0 Å². The third-order valence-corrected chi connectivity index (χ3v) is 2.16. The van der Waals surface area contributed by atoms with E-state index in [4.69, 9.17) is 4.74 Å². The number of rotatable bonds is 4. The van der Waals surface area contributed by atoms with Crippen molar-refractivity contribution in [2.75, 3.05) is 19.0 Å². The normalized spacial score (nSPS) is 11.5. The molecule has 0 spiro atoms. The highest BCUT2D eigenvalue weighted by Gasteiger charge is 2.17. The zero-order chi connectivity index (χ0) is 11.5. The second-order valence-corrected chi connectivity index (χ2v) is 4.37. The van der Waals surface area contributed by atoms with Crippen LogP contribution >= 0.6 is 0 Å². The molecule has 15 heavy (non-hydrogen) atoms. The van der Waals surface area contributed by atoms with Crippen molar-refractivity contribution in [1.82, 2.24) is 9.97 Å². The Morgan fingerprint density at radius 3 is 2.53 bits per heavy atom. The fourth-order valence-electron chi connectivity index (χ4n) is 1.35. The van der Waals surface area contributed by atoms with Gasteiger partial charge in [0.1, 0.15) is 5.82 Å². The molecule has 0 unspecified atom stereocenters. The molecule has 0 aliphatic heterocycles. The average molecular weight is 209 g/mol. The fourth-order valence-corrected chi connectivity index (χ4v) is 1.35. The summed E-state index contributed by atoms with van der Waals surface area (Å²) >= 11 is 0. The first kappa shape index (κ1) is 11.9. The molecule has 0 aliphatic carbocycles. The third kappa shape index (κ3) is 3.47. The Balaban J connectivity index is 2.76. The summed E-state index contributed by atoms with van der Waals surface area (Å²) in [5, 5.41) is 3.29. The first-order valence-corrected chi connectivity index (χ1v) is 5.02. The Hall–Kier alpha value is -1.16. The van der Waals surface area contributed by atoms with Gasteiger partial charge in [-0.15, -0.1) is 0 Å². The van der Waals surface area contributed by atoms with Gasteiger partial charge < -0.3 is 10.1 Å². The molecule has 0 radical (unpaired) electrons. The highest BCUT2D eigenvalue weighted by Crippen LogP contribution is 2.13. The van der Waals surface area contributed by atoms with Gasteiger partial charge in [0.2, 0.25) is 0 Å². The highest BCUT2D eigenvalue weighted by molar-refractivity contribution is 5.36. The van der Waals surface area contributed by atoms with Crippen molar-refractivity contribution >= 4 is 5.82 Å². The summed E-state index contributed by atoms with van der Waals surface area (Å²) in [5.74, 6) is 0.792. The summed E-state index contributed by atoms with van der Waals surface area (Å²) < 4.78 is 5.12. The summed E-state index contributed by atoms with van der Waals surface area (Å²) in [6.07, 6.45) is 1.75. The van der Waals surface area contributed by atoms with Crippen LogP contribution in [-0.4, -0.2) is 29.2 Å². The van der Waals surface area contributed by atoms with E-state index in [0.717, 1.165) is 17.2 Å². The number of nitrogens with one attached hydrogen (secondary N) is 1. The number of hydrogen-bond donors (Lipinski definition) is 1.